The minimum Gasteiger partial charge on any atom is -0.478 e. The van der Waals surface area contributed by atoms with E-state index in [9.17, 15) is 9.59 Å². The maximum Gasteiger partial charge on any atom is 0.337 e. The molecule has 0 aliphatic heterocycles. The van der Waals surface area contributed by atoms with Crippen LogP contribution in [0.5, 0.6) is 0 Å². The van der Waals surface area contributed by atoms with Crippen molar-refractivity contribution in [3.05, 3.63) is 28.8 Å². The number of carboxylic acids is 1. The van der Waals surface area contributed by atoms with Gasteiger partial charge in [-0.1, -0.05) is 11.6 Å². The third-order valence-corrected chi connectivity index (χ3v) is 2.00. The van der Waals surface area contributed by atoms with E-state index in [1.54, 1.807) is 0 Å². The topological polar surface area (TPSA) is 92.4 Å². The number of rotatable bonds is 3. The summed E-state index contributed by atoms with van der Waals surface area (Å²) < 4.78 is 0. The van der Waals surface area contributed by atoms with Crippen LogP contribution in [-0.4, -0.2) is 23.5 Å². The zero-order valence-electron chi connectivity index (χ0n) is 7.66. The largest absolute Gasteiger partial charge is 0.478 e. The van der Waals surface area contributed by atoms with E-state index in [2.05, 4.69) is 5.32 Å². The highest BCUT2D eigenvalue weighted by Crippen LogP contribution is 2.20. The molecule has 0 unspecified atom stereocenters. The second-order valence-corrected chi connectivity index (χ2v) is 3.16. The Hall–Kier alpha value is -1.59. The van der Waals surface area contributed by atoms with Crippen molar-refractivity contribution in [2.24, 2.45) is 5.73 Å². The molecule has 0 saturated carbocycles. The van der Waals surface area contributed by atoms with Crippen molar-refractivity contribution >= 4 is 29.2 Å². The van der Waals surface area contributed by atoms with Gasteiger partial charge in [-0.05, 0) is 18.2 Å². The van der Waals surface area contributed by atoms with E-state index >= 15 is 0 Å². The number of aromatic carboxylic acids is 1. The minimum atomic E-state index is -1.15. The highest BCUT2D eigenvalue weighted by Gasteiger charge is 2.10. The van der Waals surface area contributed by atoms with Gasteiger partial charge in [-0.2, -0.15) is 0 Å². The summed E-state index contributed by atoms with van der Waals surface area (Å²) >= 11 is 5.64. The summed E-state index contributed by atoms with van der Waals surface area (Å²) in [6.07, 6.45) is 0. The number of nitrogens with one attached hydrogen (secondary N) is 1. The van der Waals surface area contributed by atoms with Crippen molar-refractivity contribution in [3.8, 4) is 0 Å². The normalized spacial score (nSPS) is 9.73. The maximum atomic E-state index is 10.9. The predicted molar refractivity (Wildman–Crippen MR) is 56.1 cm³/mol. The van der Waals surface area contributed by atoms with E-state index < -0.39 is 11.9 Å². The lowest BCUT2D eigenvalue weighted by atomic mass is 10.2. The molecule has 0 aliphatic rings. The second kappa shape index (κ2) is 4.77. The van der Waals surface area contributed by atoms with Crippen LogP contribution in [0.2, 0.25) is 5.02 Å². The van der Waals surface area contributed by atoms with Crippen LogP contribution in [0.15, 0.2) is 18.2 Å². The number of benzene rings is 1. The molecule has 15 heavy (non-hydrogen) atoms. The monoisotopic (exact) mass is 228 g/mol. The van der Waals surface area contributed by atoms with Crippen molar-refractivity contribution in [3.63, 3.8) is 0 Å². The molecule has 0 saturated heterocycles. The van der Waals surface area contributed by atoms with E-state index in [0.717, 1.165) is 0 Å². The molecule has 1 aromatic rings. The minimum absolute atomic E-state index is 0.0634. The summed E-state index contributed by atoms with van der Waals surface area (Å²) in [7, 11) is 0. The van der Waals surface area contributed by atoms with Crippen LogP contribution in [0, 0.1) is 0 Å². The number of carboxylic acid groups (broad SMARTS) is 1. The van der Waals surface area contributed by atoms with Crippen molar-refractivity contribution in [2.45, 2.75) is 0 Å². The number of hydrogen-bond donors (Lipinski definition) is 3. The van der Waals surface area contributed by atoms with Gasteiger partial charge in [0.15, 0.2) is 0 Å². The van der Waals surface area contributed by atoms with Crippen molar-refractivity contribution in [1.82, 2.24) is 0 Å². The molecule has 80 valence electrons. The van der Waals surface area contributed by atoms with Gasteiger partial charge in [0.05, 0.1) is 17.1 Å². The Morgan fingerprint density at radius 3 is 2.67 bits per heavy atom. The fourth-order valence-corrected chi connectivity index (χ4v) is 1.18. The first kappa shape index (κ1) is 11.5. The van der Waals surface area contributed by atoms with E-state index in [4.69, 9.17) is 22.4 Å². The molecular weight excluding hydrogens is 220 g/mol. The Labute approximate surface area is 90.8 Å². The maximum absolute atomic E-state index is 10.9. The van der Waals surface area contributed by atoms with Crippen molar-refractivity contribution < 1.29 is 14.7 Å². The first-order valence-corrected chi connectivity index (χ1v) is 4.45. The Bertz CT molecular complexity index is 406. The Morgan fingerprint density at radius 1 is 1.47 bits per heavy atom. The molecule has 0 aliphatic carbocycles. The zero-order valence-corrected chi connectivity index (χ0v) is 8.41. The fraction of sp³-hybridized carbons (Fsp3) is 0.111. The van der Waals surface area contributed by atoms with Gasteiger partial charge in [0.25, 0.3) is 0 Å². The highest BCUT2D eigenvalue weighted by atomic mass is 35.5. The van der Waals surface area contributed by atoms with Gasteiger partial charge in [0.2, 0.25) is 5.91 Å². The lowest BCUT2D eigenvalue weighted by Gasteiger charge is -2.05. The third kappa shape index (κ3) is 2.93. The summed E-state index contributed by atoms with van der Waals surface area (Å²) in [5, 5.41) is 11.3. The molecule has 0 bridgehead atoms. The third-order valence-electron chi connectivity index (χ3n) is 1.67. The van der Waals surface area contributed by atoms with Gasteiger partial charge in [-0.3, -0.25) is 4.79 Å². The van der Waals surface area contributed by atoms with Crippen LogP contribution < -0.4 is 11.1 Å². The van der Waals surface area contributed by atoms with Crippen molar-refractivity contribution in [1.29, 1.82) is 0 Å². The van der Waals surface area contributed by atoms with Gasteiger partial charge in [0.1, 0.15) is 0 Å². The fourth-order valence-electron chi connectivity index (χ4n) is 0.979. The lowest BCUT2D eigenvalue weighted by Crippen LogP contribution is -2.21. The number of carbonyl (C=O) groups excluding carboxylic acids is 1. The smallest absolute Gasteiger partial charge is 0.337 e. The Balaban J connectivity index is 2.97. The molecule has 1 rings (SSSR count). The molecule has 4 N–H and O–H groups in total. The van der Waals surface area contributed by atoms with Crippen molar-refractivity contribution in [2.75, 3.05) is 11.9 Å². The van der Waals surface area contributed by atoms with Gasteiger partial charge in [-0.15, -0.1) is 0 Å². The van der Waals surface area contributed by atoms with Gasteiger partial charge >= 0.3 is 5.97 Å². The van der Waals surface area contributed by atoms with E-state index in [0.29, 0.717) is 5.69 Å². The van der Waals surface area contributed by atoms with Crippen LogP contribution in [0.3, 0.4) is 0 Å². The SMILES string of the molecule is NCC(=O)Nc1ccc(Cl)c(C(=O)O)c1. The van der Waals surface area contributed by atoms with Gasteiger partial charge in [0, 0.05) is 5.69 Å². The summed E-state index contributed by atoms with van der Waals surface area (Å²) in [6.45, 7) is -0.162. The second-order valence-electron chi connectivity index (χ2n) is 2.75. The molecule has 0 aromatic heterocycles. The number of nitrogens with two attached hydrogens (primary N) is 1. The van der Waals surface area contributed by atoms with Gasteiger partial charge < -0.3 is 16.2 Å². The molecule has 0 spiro atoms. The van der Waals surface area contributed by atoms with Crippen LogP contribution in [0.1, 0.15) is 10.4 Å². The van der Waals surface area contributed by atoms with Crippen LogP contribution in [0.25, 0.3) is 0 Å². The molecule has 5 nitrogen and oxygen atoms in total. The zero-order chi connectivity index (χ0) is 11.4. The standard InChI is InChI=1S/C9H9ClN2O3/c10-7-2-1-5(12-8(13)4-11)3-6(7)9(14)15/h1-3H,4,11H2,(H,12,13)(H,14,15). The average Bonchev–Trinajstić information content (AvgIpc) is 2.20. The van der Waals surface area contributed by atoms with E-state index in [-0.39, 0.29) is 17.1 Å². The summed E-state index contributed by atoms with van der Waals surface area (Å²) in [6, 6.07) is 4.18. The number of anilines is 1. The van der Waals surface area contributed by atoms with Crippen LogP contribution in [0.4, 0.5) is 5.69 Å². The Morgan fingerprint density at radius 2 is 2.13 bits per heavy atom. The number of amides is 1. The first-order valence-electron chi connectivity index (χ1n) is 4.07. The lowest BCUT2D eigenvalue weighted by molar-refractivity contribution is -0.114. The molecule has 1 amide bonds. The number of hydrogen-bond acceptors (Lipinski definition) is 3. The van der Waals surface area contributed by atoms with Crippen LogP contribution in [-0.2, 0) is 4.79 Å². The predicted octanol–water partition coefficient (Wildman–Crippen LogP) is 0.935. The summed E-state index contributed by atoms with van der Waals surface area (Å²) in [5.74, 6) is -1.54. The number of halogens is 1. The molecule has 0 radical (unpaired) electrons. The Kier molecular flexibility index (Phi) is 3.65. The first-order chi connectivity index (χ1) is 7.04. The molecule has 0 heterocycles. The molecule has 0 fully saturated rings. The number of carbonyl (C=O) groups is 2. The van der Waals surface area contributed by atoms with Gasteiger partial charge in [-0.25, -0.2) is 4.79 Å². The highest BCUT2D eigenvalue weighted by molar-refractivity contribution is 6.33. The quantitative estimate of drug-likeness (QED) is 0.718. The molecule has 0 atom stereocenters. The van der Waals surface area contributed by atoms with Crippen LogP contribution >= 0.6 is 11.6 Å². The molecule has 6 heteroatoms. The summed E-state index contributed by atoms with van der Waals surface area (Å²) in [4.78, 5) is 21.6. The van der Waals surface area contributed by atoms with E-state index in [1.807, 2.05) is 0 Å². The average molecular weight is 229 g/mol. The summed E-state index contributed by atoms with van der Waals surface area (Å²) in [5.41, 5.74) is 5.38. The van der Waals surface area contributed by atoms with E-state index in [1.165, 1.54) is 18.2 Å². The molecular formula is C9H9ClN2O3. The molecule has 1 aromatic carbocycles.